The molecule has 160 valence electrons. The Hall–Kier alpha value is -3.91. The molecule has 1 heterocycles. The van der Waals surface area contributed by atoms with Crippen molar-refractivity contribution in [1.82, 2.24) is 20.2 Å². The van der Waals surface area contributed by atoms with E-state index in [1.54, 1.807) is 31.2 Å². The lowest BCUT2D eigenvalue weighted by Gasteiger charge is -2.10. The molecule has 0 unspecified atom stereocenters. The Morgan fingerprint density at radius 1 is 0.969 bits per heavy atom. The number of aromatic nitrogens is 3. The molecule has 32 heavy (non-hydrogen) atoms. The maximum Gasteiger partial charge on any atom is 0.250 e. The van der Waals surface area contributed by atoms with Crippen LogP contribution in [-0.4, -0.2) is 37.2 Å². The molecule has 7 nitrogen and oxygen atoms in total. The second-order valence-electron chi connectivity index (χ2n) is 6.88. The van der Waals surface area contributed by atoms with Crippen molar-refractivity contribution in [1.29, 1.82) is 0 Å². The van der Waals surface area contributed by atoms with Crippen molar-refractivity contribution in [3.05, 3.63) is 90.5 Å². The number of amides is 1. The largest absolute Gasteiger partial charge is 0.507 e. The van der Waals surface area contributed by atoms with Crippen LogP contribution in [0.2, 0.25) is 0 Å². The van der Waals surface area contributed by atoms with E-state index < -0.39 is 0 Å². The molecule has 4 rings (SSSR count). The molecule has 2 N–H and O–H groups in total. The van der Waals surface area contributed by atoms with Gasteiger partial charge in [0.05, 0.1) is 11.5 Å². The topological polar surface area (TPSA) is 92.4 Å². The maximum absolute atomic E-state index is 12.4. The fourth-order valence-corrected chi connectivity index (χ4v) is 3.84. The van der Waals surface area contributed by atoms with Crippen LogP contribution in [0.3, 0.4) is 0 Å². The summed E-state index contributed by atoms with van der Waals surface area (Å²) in [4.78, 5) is 12.4. The predicted octanol–water partition coefficient (Wildman–Crippen LogP) is 4.27. The number of aromatic hydroxyl groups is 1. The molecule has 0 radical (unpaired) electrons. The van der Waals surface area contributed by atoms with Gasteiger partial charge in [-0.05, 0) is 31.2 Å². The maximum atomic E-state index is 12.4. The van der Waals surface area contributed by atoms with Crippen LogP contribution < -0.4 is 5.43 Å². The molecular formula is C24H21N5O2S. The highest BCUT2D eigenvalue weighted by atomic mass is 32.2. The summed E-state index contributed by atoms with van der Waals surface area (Å²) in [7, 11) is 0. The molecular weight excluding hydrogens is 422 g/mol. The number of carbonyl (C=O) groups is 1. The molecule has 1 amide bonds. The van der Waals surface area contributed by atoms with Crippen LogP contribution in [0.5, 0.6) is 5.75 Å². The summed E-state index contributed by atoms with van der Waals surface area (Å²) in [5.74, 6) is 0.640. The third-order valence-corrected chi connectivity index (χ3v) is 5.58. The molecule has 0 spiro atoms. The van der Waals surface area contributed by atoms with E-state index in [0.29, 0.717) is 22.3 Å². The van der Waals surface area contributed by atoms with Crippen molar-refractivity contribution in [2.24, 2.45) is 5.10 Å². The molecule has 0 aliphatic rings. The Morgan fingerprint density at radius 2 is 1.62 bits per heavy atom. The minimum atomic E-state index is -0.284. The van der Waals surface area contributed by atoms with Gasteiger partial charge in [0.25, 0.3) is 5.91 Å². The molecule has 4 aromatic rings. The van der Waals surface area contributed by atoms with Gasteiger partial charge in [0, 0.05) is 16.8 Å². The number of hydrogen-bond acceptors (Lipinski definition) is 6. The fraction of sp³-hybridized carbons (Fsp3) is 0.0833. The summed E-state index contributed by atoms with van der Waals surface area (Å²) in [6, 6.07) is 26.4. The van der Waals surface area contributed by atoms with E-state index in [0.717, 1.165) is 11.3 Å². The number of rotatable bonds is 7. The highest BCUT2D eigenvalue weighted by molar-refractivity contribution is 7.99. The van der Waals surface area contributed by atoms with Gasteiger partial charge in [-0.3, -0.25) is 9.36 Å². The predicted molar refractivity (Wildman–Crippen MR) is 126 cm³/mol. The molecule has 0 fully saturated rings. The van der Waals surface area contributed by atoms with Gasteiger partial charge in [-0.15, -0.1) is 10.2 Å². The molecule has 0 aliphatic heterocycles. The van der Waals surface area contributed by atoms with Crippen LogP contribution in [0.15, 0.2) is 95.2 Å². The zero-order valence-electron chi connectivity index (χ0n) is 17.3. The average Bonchev–Trinajstić information content (AvgIpc) is 3.26. The monoisotopic (exact) mass is 443 g/mol. The van der Waals surface area contributed by atoms with Crippen LogP contribution in [0.25, 0.3) is 17.1 Å². The van der Waals surface area contributed by atoms with E-state index in [1.807, 2.05) is 65.2 Å². The normalized spacial score (nSPS) is 11.3. The number of nitrogens with zero attached hydrogens (tertiary/aromatic N) is 4. The van der Waals surface area contributed by atoms with Gasteiger partial charge in [-0.2, -0.15) is 5.10 Å². The van der Waals surface area contributed by atoms with Crippen LogP contribution in [0.4, 0.5) is 0 Å². The van der Waals surface area contributed by atoms with Crippen molar-refractivity contribution in [2.45, 2.75) is 12.1 Å². The number of hydrogen-bond donors (Lipinski definition) is 2. The summed E-state index contributed by atoms with van der Waals surface area (Å²) in [5, 5.41) is 23.3. The lowest BCUT2D eigenvalue weighted by molar-refractivity contribution is -0.118. The number of nitrogens with one attached hydrogen (secondary N) is 1. The van der Waals surface area contributed by atoms with Gasteiger partial charge in [-0.1, -0.05) is 72.4 Å². The second-order valence-corrected chi connectivity index (χ2v) is 7.82. The molecule has 0 saturated heterocycles. The van der Waals surface area contributed by atoms with Crippen LogP contribution >= 0.6 is 11.8 Å². The zero-order chi connectivity index (χ0) is 22.3. The molecule has 1 aromatic heterocycles. The van der Waals surface area contributed by atoms with Gasteiger partial charge < -0.3 is 5.11 Å². The molecule has 0 aliphatic carbocycles. The van der Waals surface area contributed by atoms with E-state index in [2.05, 4.69) is 20.7 Å². The Balaban J connectivity index is 1.51. The number of carbonyl (C=O) groups excluding carboxylic acids is 1. The van der Waals surface area contributed by atoms with Crippen LogP contribution in [-0.2, 0) is 4.79 Å². The Kier molecular flexibility index (Phi) is 6.62. The van der Waals surface area contributed by atoms with Crippen molar-refractivity contribution in [3.8, 4) is 22.8 Å². The Bertz CT molecular complexity index is 1240. The molecule has 0 saturated carbocycles. The van der Waals surface area contributed by atoms with E-state index in [1.165, 1.54) is 11.8 Å². The van der Waals surface area contributed by atoms with Crippen molar-refractivity contribution in [2.75, 3.05) is 5.75 Å². The van der Waals surface area contributed by atoms with Gasteiger partial charge in [0.1, 0.15) is 5.75 Å². The first kappa shape index (κ1) is 21.3. The minimum absolute atomic E-state index is 0.108. The van der Waals surface area contributed by atoms with Gasteiger partial charge in [0.2, 0.25) is 0 Å². The smallest absolute Gasteiger partial charge is 0.250 e. The number of benzene rings is 3. The molecule has 0 atom stereocenters. The number of phenolic OH excluding ortho intramolecular Hbond substituents is 1. The van der Waals surface area contributed by atoms with Gasteiger partial charge >= 0.3 is 0 Å². The second kappa shape index (κ2) is 9.93. The van der Waals surface area contributed by atoms with Crippen molar-refractivity contribution < 1.29 is 9.90 Å². The Labute approximate surface area is 189 Å². The summed E-state index contributed by atoms with van der Waals surface area (Å²) < 4.78 is 1.93. The third-order valence-electron chi connectivity index (χ3n) is 4.65. The van der Waals surface area contributed by atoms with E-state index in [4.69, 9.17) is 0 Å². The van der Waals surface area contributed by atoms with Crippen LogP contribution in [0.1, 0.15) is 12.5 Å². The van der Waals surface area contributed by atoms with E-state index in [9.17, 15) is 9.90 Å². The highest BCUT2D eigenvalue weighted by Gasteiger charge is 2.17. The van der Waals surface area contributed by atoms with Crippen molar-refractivity contribution >= 4 is 23.4 Å². The summed E-state index contributed by atoms with van der Waals surface area (Å²) in [5.41, 5.74) is 5.46. The van der Waals surface area contributed by atoms with E-state index in [-0.39, 0.29) is 17.4 Å². The lowest BCUT2D eigenvalue weighted by Crippen LogP contribution is -2.21. The zero-order valence-corrected chi connectivity index (χ0v) is 18.2. The van der Waals surface area contributed by atoms with Gasteiger partial charge in [-0.25, -0.2) is 5.43 Å². The fourth-order valence-electron chi connectivity index (χ4n) is 3.10. The number of hydrazone groups is 1. The van der Waals surface area contributed by atoms with E-state index >= 15 is 0 Å². The number of phenols is 1. The minimum Gasteiger partial charge on any atom is -0.507 e. The first-order valence-corrected chi connectivity index (χ1v) is 10.9. The third kappa shape index (κ3) is 4.87. The quantitative estimate of drug-likeness (QED) is 0.253. The number of thioether (sulfide) groups is 1. The lowest BCUT2D eigenvalue weighted by atomic mass is 10.1. The summed E-state index contributed by atoms with van der Waals surface area (Å²) in [6.45, 7) is 1.72. The molecule has 8 heteroatoms. The highest BCUT2D eigenvalue weighted by Crippen LogP contribution is 2.27. The summed E-state index contributed by atoms with van der Waals surface area (Å²) in [6.07, 6.45) is 0. The van der Waals surface area contributed by atoms with Crippen molar-refractivity contribution in [3.63, 3.8) is 0 Å². The van der Waals surface area contributed by atoms with Crippen LogP contribution in [0, 0.1) is 0 Å². The molecule has 3 aromatic carbocycles. The first-order chi connectivity index (χ1) is 15.6. The standard InChI is InChI=1S/C24H21N5O2S/c1-17(20-14-8-9-15-21(20)30)25-26-22(31)16-32-24-28-27-23(18-10-4-2-5-11-18)29(24)19-12-6-3-7-13-19/h2-15,30H,16H2,1H3,(H,26,31)/b25-17+. The SMILES string of the molecule is C/C(=N\NC(=O)CSc1nnc(-c2ccccc2)n1-c1ccccc1)c1ccccc1O. The van der Waals surface area contributed by atoms with Gasteiger partial charge in [0.15, 0.2) is 11.0 Å². The molecule has 0 bridgehead atoms. The summed E-state index contributed by atoms with van der Waals surface area (Å²) >= 11 is 1.27. The number of para-hydroxylation sites is 2. The average molecular weight is 444 g/mol. The Morgan fingerprint density at radius 3 is 2.34 bits per heavy atom. The first-order valence-electron chi connectivity index (χ1n) is 9.94.